The van der Waals surface area contributed by atoms with E-state index in [2.05, 4.69) is 15.7 Å². The number of nitrogens with one attached hydrogen (secondary N) is 1. The third-order valence-corrected chi connectivity index (χ3v) is 5.08. The topological polar surface area (TPSA) is 92.5 Å². The molecule has 3 aromatic carbocycles. The van der Waals surface area contributed by atoms with Crippen LogP contribution in [0.25, 0.3) is 5.69 Å². The molecule has 8 heteroatoms. The molecular weight excluding hydrogens is 418 g/mol. The number of nitrogens with zero attached hydrogens (tertiary/aromatic N) is 4. The first-order valence-corrected chi connectivity index (χ1v) is 10.6. The van der Waals surface area contributed by atoms with Crippen LogP contribution in [-0.4, -0.2) is 39.7 Å². The number of anilines is 2. The third-order valence-electron chi connectivity index (χ3n) is 5.08. The molecule has 33 heavy (non-hydrogen) atoms. The van der Waals surface area contributed by atoms with Gasteiger partial charge in [-0.25, -0.2) is 4.68 Å². The predicted octanol–water partition coefficient (Wildman–Crippen LogP) is 3.68. The molecule has 168 valence electrons. The van der Waals surface area contributed by atoms with E-state index >= 15 is 0 Å². The first-order chi connectivity index (χ1) is 16.2. The fourth-order valence-electron chi connectivity index (χ4n) is 3.32. The van der Waals surface area contributed by atoms with Crippen LogP contribution in [-0.2, 0) is 6.42 Å². The summed E-state index contributed by atoms with van der Waals surface area (Å²) in [6, 6.07) is 24.2. The van der Waals surface area contributed by atoms with Gasteiger partial charge in [-0.15, -0.1) is 5.10 Å². The maximum atomic E-state index is 12.9. The number of methoxy groups -OCH3 is 1. The van der Waals surface area contributed by atoms with E-state index in [0.29, 0.717) is 24.2 Å². The van der Waals surface area contributed by atoms with E-state index in [1.807, 2.05) is 60.8 Å². The van der Waals surface area contributed by atoms with Gasteiger partial charge >= 0.3 is 0 Å². The summed E-state index contributed by atoms with van der Waals surface area (Å²) in [6.45, 7) is 0.124. The number of rotatable bonds is 9. The highest BCUT2D eigenvalue weighted by Gasteiger charge is 2.15. The summed E-state index contributed by atoms with van der Waals surface area (Å²) in [5.74, 6) is 0.449. The zero-order chi connectivity index (χ0) is 23.0. The number of aliphatic hydroxyl groups is 1. The predicted molar refractivity (Wildman–Crippen MR) is 126 cm³/mol. The number of ether oxygens (including phenoxy) is 1. The van der Waals surface area contributed by atoms with E-state index in [9.17, 15) is 4.79 Å². The van der Waals surface area contributed by atoms with Crippen LogP contribution >= 0.6 is 0 Å². The highest BCUT2D eigenvalue weighted by Crippen LogP contribution is 2.25. The summed E-state index contributed by atoms with van der Waals surface area (Å²) in [7, 11) is 1.59. The Bertz CT molecular complexity index is 1170. The number of amides is 1. The maximum Gasteiger partial charge on any atom is 0.270 e. The molecule has 0 atom stereocenters. The zero-order valence-electron chi connectivity index (χ0n) is 18.3. The van der Waals surface area contributed by atoms with Gasteiger partial charge in [0, 0.05) is 12.2 Å². The number of hydrogen-bond donors (Lipinski definition) is 2. The summed E-state index contributed by atoms with van der Waals surface area (Å²) in [6.07, 6.45) is 3.18. The van der Waals surface area contributed by atoms with Crippen LogP contribution in [0, 0.1) is 0 Å². The van der Waals surface area contributed by atoms with E-state index in [1.54, 1.807) is 41.1 Å². The maximum absolute atomic E-state index is 12.9. The molecule has 0 fully saturated rings. The summed E-state index contributed by atoms with van der Waals surface area (Å²) in [5, 5.41) is 19.0. The SMILES string of the molecule is COc1ccc(C(=O)NN(c2ccccc2)c2ccc(-n3cc(CCCO)nn3)cc2)cc1. The van der Waals surface area contributed by atoms with E-state index in [-0.39, 0.29) is 12.5 Å². The Balaban J connectivity index is 1.57. The van der Waals surface area contributed by atoms with Crippen LogP contribution < -0.4 is 15.2 Å². The fraction of sp³-hybridized carbons (Fsp3) is 0.160. The van der Waals surface area contributed by atoms with E-state index in [4.69, 9.17) is 9.84 Å². The van der Waals surface area contributed by atoms with Gasteiger partial charge in [-0.1, -0.05) is 23.4 Å². The minimum absolute atomic E-state index is 0.124. The summed E-state index contributed by atoms with van der Waals surface area (Å²) >= 11 is 0. The van der Waals surface area contributed by atoms with Gasteiger partial charge in [0.15, 0.2) is 0 Å². The number of carbonyl (C=O) groups is 1. The molecule has 0 unspecified atom stereocenters. The van der Waals surface area contributed by atoms with Crippen LogP contribution in [0.15, 0.2) is 85.1 Å². The number of aliphatic hydroxyl groups excluding tert-OH is 1. The first-order valence-electron chi connectivity index (χ1n) is 10.6. The molecule has 0 aliphatic heterocycles. The van der Waals surface area contributed by atoms with Crippen molar-refractivity contribution in [1.82, 2.24) is 20.4 Å². The Morgan fingerprint density at radius 3 is 2.36 bits per heavy atom. The molecule has 1 aromatic heterocycles. The van der Waals surface area contributed by atoms with E-state index in [1.165, 1.54) is 0 Å². The van der Waals surface area contributed by atoms with E-state index < -0.39 is 0 Å². The van der Waals surface area contributed by atoms with E-state index in [0.717, 1.165) is 22.8 Å². The fourth-order valence-corrected chi connectivity index (χ4v) is 3.32. The minimum Gasteiger partial charge on any atom is -0.497 e. The molecule has 4 rings (SSSR count). The van der Waals surface area contributed by atoms with Crippen molar-refractivity contribution in [3.05, 3.63) is 96.3 Å². The Hall–Kier alpha value is -4.17. The molecule has 8 nitrogen and oxygen atoms in total. The number of hydrazine groups is 1. The van der Waals surface area contributed by atoms with Crippen molar-refractivity contribution in [2.24, 2.45) is 0 Å². The van der Waals surface area contributed by atoms with Crippen LogP contribution in [0.3, 0.4) is 0 Å². The second-order valence-electron chi connectivity index (χ2n) is 7.34. The number of benzene rings is 3. The minimum atomic E-state index is -0.240. The number of aromatic nitrogens is 3. The largest absolute Gasteiger partial charge is 0.497 e. The first kappa shape index (κ1) is 22.0. The smallest absolute Gasteiger partial charge is 0.270 e. The van der Waals surface area contributed by atoms with Gasteiger partial charge in [0.2, 0.25) is 0 Å². The number of carbonyl (C=O) groups excluding carboxylic acids is 1. The quantitative estimate of drug-likeness (QED) is 0.384. The summed E-state index contributed by atoms with van der Waals surface area (Å²) in [4.78, 5) is 12.9. The normalized spacial score (nSPS) is 10.6. The molecule has 0 spiro atoms. The molecule has 0 saturated heterocycles. The monoisotopic (exact) mass is 443 g/mol. The number of para-hydroxylation sites is 1. The van der Waals surface area contributed by atoms with Crippen LogP contribution in [0.1, 0.15) is 22.5 Å². The lowest BCUT2D eigenvalue weighted by Crippen LogP contribution is -2.38. The molecule has 1 amide bonds. The lowest BCUT2D eigenvalue weighted by molar-refractivity contribution is 0.0953. The van der Waals surface area contributed by atoms with Crippen molar-refractivity contribution in [1.29, 1.82) is 0 Å². The zero-order valence-corrected chi connectivity index (χ0v) is 18.3. The van der Waals surface area contributed by atoms with Crippen molar-refractivity contribution < 1.29 is 14.6 Å². The molecule has 0 bridgehead atoms. The number of aryl methyl sites for hydroxylation is 1. The molecule has 1 heterocycles. The average Bonchev–Trinajstić information content (AvgIpc) is 3.35. The van der Waals surface area contributed by atoms with Crippen molar-refractivity contribution in [2.45, 2.75) is 12.8 Å². The third kappa shape index (κ3) is 5.36. The van der Waals surface area contributed by atoms with Crippen LogP contribution in [0.5, 0.6) is 5.75 Å². The standard InChI is InChI=1S/C25H25N5O3/c1-33-24-15-9-19(10-16-24)25(32)27-30(22-7-3-2-4-8-22)23-13-11-21(12-14-23)29-18-20(26-28-29)6-5-17-31/h2-4,7-16,18,31H,5-6,17H2,1H3,(H,27,32). The summed E-state index contributed by atoms with van der Waals surface area (Å²) in [5.41, 5.74) is 6.78. The van der Waals surface area contributed by atoms with Gasteiger partial charge in [-0.3, -0.25) is 15.2 Å². The molecule has 0 aliphatic rings. The van der Waals surface area contributed by atoms with Crippen molar-refractivity contribution in [3.8, 4) is 11.4 Å². The van der Waals surface area contributed by atoms with Gasteiger partial charge in [-0.2, -0.15) is 0 Å². The lowest BCUT2D eigenvalue weighted by atomic mass is 10.2. The second kappa shape index (κ2) is 10.4. The van der Waals surface area contributed by atoms with Crippen LogP contribution in [0.4, 0.5) is 11.4 Å². The molecular formula is C25H25N5O3. The summed E-state index contributed by atoms with van der Waals surface area (Å²) < 4.78 is 6.87. The van der Waals surface area contributed by atoms with Crippen molar-refractivity contribution in [2.75, 3.05) is 18.7 Å². The molecule has 2 N–H and O–H groups in total. The molecule has 4 aromatic rings. The Morgan fingerprint density at radius 1 is 1.00 bits per heavy atom. The van der Waals surface area contributed by atoms with Gasteiger partial charge in [-0.05, 0) is 73.5 Å². The highest BCUT2D eigenvalue weighted by molar-refractivity contribution is 5.96. The Labute approximate surface area is 192 Å². The van der Waals surface area contributed by atoms with Gasteiger partial charge in [0.05, 0.1) is 36.1 Å². The van der Waals surface area contributed by atoms with Gasteiger partial charge in [0.1, 0.15) is 5.75 Å². The molecule has 0 radical (unpaired) electrons. The number of hydrogen-bond acceptors (Lipinski definition) is 6. The van der Waals surface area contributed by atoms with Crippen molar-refractivity contribution in [3.63, 3.8) is 0 Å². The molecule has 0 saturated carbocycles. The van der Waals surface area contributed by atoms with Gasteiger partial charge < -0.3 is 9.84 Å². The highest BCUT2D eigenvalue weighted by atomic mass is 16.5. The molecule has 0 aliphatic carbocycles. The second-order valence-corrected chi connectivity index (χ2v) is 7.34. The van der Waals surface area contributed by atoms with Gasteiger partial charge in [0.25, 0.3) is 5.91 Å². The van der Waals surface area contributed by atoms with Crippen molar-refractivity contribution >= 4 is 17.3 Å². The lowest BCUT2D eigenvalue weighted by Gasteiger charge is -2.25. The average molecular weight is 444 g/mol. The van der Waals surface area contributed by atoms with Crippen LogP contribution in [0.2, 0.25) is 0 Å². The Kier molecular flexibility index (Phi) is 6.96. The Morgan fingerprint density at radius 2 is 1.70 bits per heavy atom.